The molecule has 0 unspecified atom stereocenters. The number of ether oxygens (including phenoxy) is 4. The Labute approximate surface area is 210 Å². The average molecular weight is 491 g/mol. The van der Waals surface area contributed by atoms with E-state index in [2.05, 4.69) is 5.32 Å². The third kappa shape index (κ3) is 5.07. The molecule has 1 N–H and O–H groups in total. The van der Waals surface area contributed by atoms with Gasteiger partial charge in [0.05, 0.1) is 40.9 Å². The van der Waals surface area contributed by atoms with Crippen molar-refractivity contribution in [3.05, 3.63) is 82.9 Å². The number of nitrogens with zero attached hydrogens (tertiary/aromatic N) is 1. The lowest BCUT2D eigenvalue weighted by Crippen LogP contribution is -2.34. The zero-order valence-electron chi connectivity index (χ0n) is 20.9. The molecule has 0 fully saturated rings. The van der Waals surface area contributed by atoms with Gasteiger partial charge in [-0.2, -0.15) is 0 Å². The fourth-order valence-electron chi connectivity index (χ4n) is 4.46. The van der Waals surface area contributed by atoms with Crippen LogP contribution in [0.4, 0.5) is 0 Å². The Morgan fingerprint density at radius 2 is 1.64 bits per heavy atom. The predicted octanol–water partition coefficient (Wildman–Crippen LogP) is 4.12. The summed E-state index contributed by atoms with van der Waals surface area (Å²) in [6.45, 7) is 0.742. The first-order valence-electron chi connectivity index (χ1n) is 11.6. The molecule has 8 nitrogen and oxygen atoms in total. The van der Waals surface area contributed by atoms with Gasteiger partial charge in [0.15, 0.2) is 11.5 Å². The molecule has 3 aromatic carbocycles. The molecule has 0 aliphatic carbocycles. The molecule has 0 saturated carbocycles. The van der Waals surface area contributed by atoms with Gasteiger partial charge in [-0.25, -0.2) is 0 Å². The smallest absolute Gasteiger partial charge is 0.255 e. The Morgan fingerprint density at radius 1 is 0.917 bits per heavy atom. The van der Waals surface area contributed by atoms with E-state index in [1.807, 2.05) is 48.5 Å². The molecule has 0 aromatic heterocycles. The Bertz CT molecular complexity index is 1230. The van der Waals surface area contributed by atoms with Gasteiger partial charge in [0.25, 0.3) is 5.91 Å². The van der Waals surface area contributed by atoms with Crippen LogP contribution in [-0.4, -0.2) is 45.2 Å². The minimum absolute atomic E-state index is 0.0579. The summed E-state index contributed by atoms with van der Waals surface area (Å²) in [6.07, 6.45) is 0.0579. The first kappa shape index (κ1) is 24.9. The number of hydrogen-bond acceptors (Lipinski definition) is 6. The lowest BCUT2D eigenvalue weighted by molar-refractivity contribution is -0.122. The molecule has 4 rings (SSSR count). The van der Waals surface area contributed by atoms with Crippen molar-refractivity contribution in [2.75, 3.05) is 28.4 Å². The Morgan fingerprint density at radius 3 is 2.28 bits per heavy atom. The van der Waals surface area contributed by atoms with Gasteiger partial charge in [-0.3, -0.25) is 9.59 Å². The van der Waals surface area contributed by atoms with Crippen molar-refractivity contribution in [2.45, 2.75) is 25.6 Å². The van der Waals surface area contributed by atoms with E-state index < -0.39 is 6.04 Å². The van der Waals surface area contributed by atoms with Gasteiger partial charge in [-0.05, 0) is 47.0 Å². The SMILES string of the molecule is COc1cccc(CNC(=O)C[C@@H](c2cc(OC)c(OC)c(OC)c2)N2Cc3ccccc3C2=O)c1. The van der Waals surface area contributed by atoms with Crippen LogP contribution in [0, 0.1) is 0 Å². The third-order valence-electron chi connectivity index (χ3n) is 6.30. The van der Waals surface area contributed by atoms with E-state index in [0.29, 0.717) is 41.5 Å². The van der Waals surface area contributed by atoms with Crippen molar-refractivity contribution < 1.29 is 28.5 Å². The van der Waals surface area contributed by atoms with Gasteiger partial charge < -0.3 is 29.2 Å². The van der Waals surface area contributed by atoms with Crippen LogP contribution in [0.15, 0.2) is 60.7 Å². The Kier molecular flexibility index (Phi) is 7.63. The molecular formula is C28H30N2O6. The largest absolute Gasteiger partial charge is 0.497 e. The van der Waals surface area contributed by atoms with Gasteiger partial charge in [-0.15, -0.1) is 0 Å². The topological polar surface area (TPSA) is 86.3 Å². The van der Waals surface area contributed by atoms with Gasteiger partial charge in [-0.1, -0.05) is 30.3 Å². The highest BCUT2D eigenvalue weighted by Crippen LogP contribution is 2.42. The Hall–Kier alpha value is -4.20. The van der Waals surface area contributed by atoms with Gasteiger partial charge in [0.2, 0.25) is 11.7 Å². The van der Waals surface area contributed by atoms with Crippen LogP contribution in [0.5, 0.6) is 23.0 Å². The average Bonchev–Trinajstić information content (AvgIpc) is 3.25. The number of carbonyl (C=O) groups excluding carboxylic acids is 2. The van der Waals surface area contributed by atoms with Crippen molar-refractivity contribution in [3.8, 4) is 23.0 Å². The second-order valence-corrected chi connectivity index (χ2v) is 8.40. The first-order chi connectivity index (χ1) is 17.5. The van der Waals surface area contributed by atoms with Gasteiger partial charge in [0, 0.05) is 18.7 Å². The molecule has 188 valence electrons. The molecular weight excluding hydrogens is 460 g/mol. The molecule has 1 heterocycles. The highest BCUT2D eigenvalue weighted by atomic mass is 16.5. The van der Waals surface area contributed by atoms with E-state index >= 15 is 0 Å². The highest BCUT2D eigenvalue weighted by molar-refractivity contribution is 5.99. The number of amides is 2. The summed E-state index contributed by atoms with van der Waals surface area (Å²) in [4.78, 5) is 28.2. The molecule has 3 aromatic rings. The number of benzene rings is 3. The van der Waals surface area contributed by atoms with E-state index in [-0.39, 0.29) is 18.2 Å². The van der Waals surface area contributed by atoms with Crippen molar-refractivity contribution in [1.82, 2.24) is 10.2 Å². The van der Waals surface area contributed by atoms with E-state index in [1.165, 1.54) is 21.3 Å². The summed E-state index contributed by atoms with van der Waals surface area (Å²) in [5, 5.41) is 2.97. The van der Waals surface area contributed by atoms with E-state index in [4.69, 9.17) is 18.9 Å². The van der Waals surface area contributed by atoms with Crippen LogP contribution in [0.2, 0.25) is 0 Å². The predicted molar refractivity (Wildman–Crippen MR) is 135 cm³/mol. The standard InChI is InChI=1S/C28H30N2O6/c1-33-21-10-7-8-18(12-21)16-29-26(31)15-23(30-17-19-9-5-6-11-22(19)28(30)32)20-13-24(34-2)27(36-4)25(14-20)35-3/h5-14,23H,15-17H2,1-4H3,(H,29,31)/t23-/m0/s1. The second-order valence-electron chi connectivity index (χ2n) is 8.40. The number of hydrogen-bond donors (Lipinski definition) is 1. The maximum absolute atomic E-state index is 13.4. The highest BCUT2D eigenvalue weighted by Gasteiger charge is 2.35. The molecule has 36 heavy (non-hydrogen) atoms. The van der Waals surface area contributed by atoms with Crippen molar-refractivity contribution in [2.24, 2.45) is 0 Å². The molecule has 1 atom stereocenters. The zero-order valence-corrected chi connectivity index (χ0v) is 20.9. The van der Waals surface area contributed by atoms with Crippen molar-refractivity contribution in [3.63, 3.8) is 0 Å². The summed E-state index contributed by atoms with van der Waals surface area (Å²) in [5.74, 6) is 1.76. The summed E-state index contributed by atoms with van der Waals surface area (Å²) in [7, 11) is 6.20. The molecule has 0 saturated heterocycles. The molecule has 1 aliphatic rings. The van der Waals surface area contributed by atoms with E-state index in [1.54, 1.807) is 24.1 Å². The molecule has 1 aliphatic heterocycles. The third-order valence-corrected chi connectivity index (χ3v) is 6.30. The van der Waals surface area contributed by atoms with Gasteiger partial charge in [0.1, 0.15) is 5.75 Å². The summed E-state index contributed by atoms with van der Waals surface area (Å²) >= 11 is 0. The van der Waals surface area contributed by atoms with Crippen molar-refractivity contribution >= 4 is 11.8 Å². The Balaban J connectivity index is 1.64. The summed E-state index contributed by atoms with van der Waals surface area (Å²) in [5.41, 5.74) is 3.20. The molecule has 0 radical (unpaired) electrons. The molecule has 0 spiro atoms. The maximum atomic E-state index is 13.4. The van der Waals surface area contributed by atoms with Crippen LogP contribution in [0.25, 0.3) is 0 Å². The van der Waals surface area contributed by atoms with Crippen LogP contribution < -0.4 is 24.3 Å². The summed E-state index contributed by atoms with van der Waals surface area (Å²) < 4.78 is 21.8. The fourth-order valence-corrected chi connectivity index (χ4v) is 4.46. The fraction of sp³-hybridized carbons (Fsp3) is 0.286. The van der Waals surface area contributed by atoms with Crippen LogP contribution >= 0.6 is 0 Å². The minimum Gasteiger partial charge on any atom is -0.497 e. The van der Waals surface area contributed by atoms with Crippen LogP contribution in [0.3, 0.4) is 0 Å². The zero-order chi connectivity index (χ0) is 25.7. The number of nitrogens with one attached hydrogen (secondary N) is 1. The van der Waals surface area contributed by atoms with E-state index in [9.17, 15) is 9.59 Å². The van der Waals surface area contributed by atoms with Crippen LogP contribution in [0.1, 0.15) is 39.5 Å². The molecule has 0 bridgehead atoms. The molecule has 8 heteroatoms. The van der Waals surface area contributed by atoms with Crippen molar-refractivity contribution in [1.29, 1.82) is 0 Å². The number of rotatable bonds is 10. The minimum atomic E-state index is -0.552. The second kappa shape index (κ2) is 11.0. The monoisotopic (exact) mass is 490 g/mol. The van der Waals surface area contributed by atoms with Crippen LogP contribution in [-0.2, 0) is 17.9 Å². The number of carbonyl (C=O) groups is 2. The lowest BCUT2D eigenvalue weighted by atomic mass is 10.00. The van der Waals surface area contributed by atoms with E-state index in [0.717, 1.165) is 16.9 Å². The maximum Gasteiger partial charge on any atom is 0.255 e. The summed E-state index contributed by atoms with van der Waals surface area (Å²) in [6, 6.07) is 18.0. The number of fused-ring (bicyclic) bond motifs is 1. The first-order valence-corrected chi connectivity index (χ1v) is 11.6. The lowest BCUT2D eigenvalue weighted by Gasteiger charge is -2.29. The van der Waals surface area contributed by atoms with Gasteiger partial charge >= 0.3 is 0 Å². The number of methoxy groups -OCH3 is 4. The molecule has 2 amide bonds. The quantitative estimate of drug-likeness (QED) is 0.460. The normalized spacial score (nSPS) is 13.1.